The topological polar surface area (TPSA) is 51.2 Å². The molecule has 0 heterocycles. The average molecular weight is 270 g/mol. The van der Waals surface area contributed by atoms with E-state index >= 15 is 0 Å². The Hall–Kier alpha value is -0.640. The van der Waals surface area contributed by atoms with Gasteiger partial charge in [0.15, 0.2) is 5.78 Å². The highest BCUT2D eigenvalue weighted by Gasteiger charge is 2.30. The summed E-state index contributed by atoms with van der Waals surface area (Å²) in [4.78, 5) is 11.6. The summed E-state index contributed by atoms with van der Waals surface area (Å²) in [6.07, 6.45) is 10.3. The number of carbonyl (C=O) groups is 1. The summed E-state index contributed by atoms with van der Waals surface area (Å²) in [7, 11) is -2.93. The second-order valence-electron chi connectivity index (χ2n) is 5.71. The highest BCUT2D eigenvalue weighted by atomic mass is 32.2. The monoisotopic (exact) mass is 270 g/mol. The van der Waals surface area contributed by atoms with Crippen molar-refractivity contribution >= 4 is 15.6 Å². The van der Waals surface area contributed by atoms with E-state index in [1.54, 1.807) is 0 Å². The Balaban J connectivity index is 2.11. The van der Waals surface area contributed by atoms with Crippen molar-refractivity contribution < 1.29 is 13.2 Å². The van der Waals surface area contributed by atoms with Gasteiger partial charge in [-0.2, -0.15) is 0 Å². The normalized spacial score (nSPS) is 30.7. The lowest BCUT2D eigenvalue weighted by atomic mass is 9.81. The quantitative estimate of drug-likeness (QED) is 0.775. The highest BCUT2D eigenvalue weighted by molar-refractivity contribution is 7.91. The van der Waals surface area contributed by atoms with E-state index < -0.39 is 9.84 Å². The zero-order valence-electron chi connectivity index (χ0n) is 11.0. The molecule has 2 aliphatic carbocycles. The van der Waals surface area contributed by atoms with Gasteiger partial charge in [0, 0.05) is 12.7 Å². The van der Waals surface area contributed by atoms with Gasteiger partial charge in [-0.15, -0.1) is 0 Å². The van der Waals surface area contributed by atoms with Crippen molar-refractivity contribution in [2.75, 3.05) is 6.26 Å². The maximum atomic E-state index is 11.7. The smallest absolute Gasteiger partial charge is 0.155 e. The second kappa shape index (κ2) is 5.55. The number of rotatable bonds is 2. The van der Waals surface area contributed by atoms with Crippen LogP contribution in [0.3, 0.4) is 0 Å². The molecule has 0 aromatic carbocycles. The van der Waals surface area contributed by atoms with E-state index in [4.69, 9.17) is 0 Å². The van der Waals surface area contributed by atoms with Crippen molar-refractivity contribution in [3.63, 3.8) is 0 Å². The molecule has 2 rings (SSSR count). The molecule has 2 atom stereocenters. The van der Waals surface area contributed by atoms with Crippen LogP contribution in [0.5, 0.6) is 0 Å². The lowest BCUT2D eigenvalue weighted by molar-refractivity contribution is -0.114. The molecule has 0 aromatic heterocycles. The third kappa shape index (κ3) is 3.44. The SMILES string of the molecule is CS(=O)(=O)C1CCCC(C2=CC(=O)CCCC2)C1. The average Bonchev–Trinajstić information content (AvgIpc) is 2.53. The Kier molecular flexibility index (Phi) is 4.25. The standard InChI is InChI=1S/C14H22O3S/c1-18(16,17)14-8-4-6-12(10-14)11-5-2-3-7-13(15)9-11/h9,12,14H,2-8,10H2,1H3. The van der Waals surface area contributed by atoms with Gasteiger partial charge in [0.1, 0.15) is 9.84 Å². The molecule has 1 saturated carbocycles. The molecule has 0 saturated heterocycles. The van der Waals surface area contributed by atoms with E-state index in [-0.39, 0.29) is 11.0 Å². The molecule has 1 fully saturated rings. The first-order valence-corrected chi connectivity index (χ1v) is 8.84. The molecule has 0 spiro atoms. The second-order valence-corrected chi connectivity index (χ2v) is 8.03. The van der Waals surface area contributed by atoms with Gasteiger partial charge in [-0.3, -0.25) is 4.79 Å². The van der Waals surface area contributed by atoms with Crippen molar-refractivity contribution in [1.29, 1.82) is 0 Å². The Morgan fingerprint density at radius 3 is 2.56 bits per heavy atom. The molecule has 0 aromatic rings. The first kappa shape index (κ1) is 13.8. The van der Waals surface area contributed by atoms with Crippen molar-refractivity contribution in [3.8, 4) is 0 Å². The number of hydrogen-bond donors (Lipinski definition) is 0. The van der Waals surface area contributed by atoms with Gasteiger partial charge in [0.2, 0.25) is 0 Å². The number of hydrogen-bond acceptors (Lipinski definition) is 3. The zero-order valence-corrected chi connectivity index (χ0v) is 11.8. The Morgan fingerprint density at radius 2 is 1.83 bits per heavy atom. The lowest BCUT2D eigenvalue weighted by Crippen LogP contribution is -2.28. The van der Waals surface area contributed by atoms with Crippen LogP contribution in [0.4, 0.5) is 0 Å². The summed E-state index contributed by atoms with van der Waals surface area (Å²) in [5.74, 6) is 0.546. The molecule has 102 valence electrons. The van der Waals surface area contributed by atoms with Crippen LogP contribution in [-0.4, -0.2) is 25.7 Å². The molecule has 2 aliphatic rings. The van der Waals surface area contributed by atoms with Gasteiger partial charge < -0.3 is 0 Å². The van der Waals surface area contributed by atoms with Crippen LogP contribution in [0, 0.1) is 5.92 Å². The summed E-state index contributed by atoms with van der Waals surface area (Å²) < 4.78 is 23.3. The Bertz CT molecular complexity index is 448. The number of ketones is 1. The van der Waals surface area contributed by atoms with Crippen LogP contribution in [-0.2, 0) is 14.6 Å². The van der Waals surface area contributed by atoms with Gasteiger partial charge in [0.25, 0.3) is 0 Å². The molecule has 3 nitrogen and oxygen atoms in total. The number of sulfone groups is 1. The van der Waals surface area contributed by atoms with Crippen LogP contribution in [0.1, 0.15) is 51.4 Å². The minimum absolute atomic E-state index is 0.199. The predicted octanol–water partition coefficient (Wildman–Crippen LogP) is 2.66. The summed E-state index contributed by atoms with van der Waals surface area (Å²) in [6, 6.07) is 0. The molecule has 18 heavy (non-hydrogen) atoms. The van der Waals surface area contributed by atoms with E-state index in [9.17, 15) is 13.2 Å². The van der Waals surface area contributed by atoms with Crippen LogP contribution in [0.25, 0.3) is 0 Å². The van der Waals surface area contributed by atoms with Crippen molar-refractivity contribution in [1.82, 2.24) is 0 Å². The van der Waals surface area contributed by atoms with Crippen molar-refractivity contribution in [2.24, 2.45) is 5.92 Å². The summed E-state index contributed by atoms with van der Waals surface area (Å²) in [6.45, 7) is 0. The summed E-state index contributed by atoms with van der Waals surface area (Å²) in [5, 5.41) is -0.199. The lowest BCUT2D eigenvalue weighted by Gasteiger charge is -2.29. The van der Waals surface area contributed by atoms with Crippen LogP contribution < -0.4 is 0 Å². The molecule has 0 amide bonds. The number of allylic oxidation sites excluding steroid dienone is 2. The van der Waals surface area contributed by atoms with Crippen LogP contribution in [0.2, 0.25) is 0 Å². The van der Waals surface area contributed by atoms with Gasteiger partial charge in [-0.1, -0.05) is 12.0 Å². The number of carbonyl (C=O) groups excluding carboxylic acids is 1. The third-order valence-corrected chi connectivity index (χ3v) is 5.88. The fraction of sp³-hybridized carbons (Fsp3) is 0.786. The molecular formula is C14H22O3S. The van der Waals surface area contributed by atoms with Gasteiger partial charge in [-0.25, -0.2) is 8.42 Å². The van der Waals surface area contributed by atoms with E-state index in [2.05, 4.69) is 0 Å². The van der Waals surface area contributed by atoms with Crippen LogP contribution >= 0.6 is 0 Å². The molecule has 0 aliphatic heterocycles. The first-order chi connectivity index (χ1) is 8.47. The minimum Gasteiger partial charge on any atom is -0.295 e. The van der Waals surface area contributed by atoms with E-state index in [1.165, 1.54) is 11.8 Å². The van der Waals surface area contributed by atoms with Crippen LogP contribution in [0.15, 0.2) is 11.6 Å². The fourth-order valence-electron chi connectivity index (χ4n) is 3.17. The molecule has 0 N–H and O–H groups in total. The maximum absolute atomic E-state index is 11.7. The largest absolute Gasteiger partial charge is 0.295 e. The fourth-order valence-corrected chi connectivity index (χ4v) is 4.35. The predicted molar refractivity (Wildman–Crippen MR) is 72.1 cm³/mol. The summed E-state index contributed by atoms with van der Waals surface area (Å²) >= 11 is 0. The van der Waals surface area contributed by atoms with Crippen molar-refractivity contribution in [3.05, 3.63) is 11.6 Å². The highest BCUT2D eigenvalue weighted by Crippen LogP contribution is 2.36. The van der Waals surface area contributed by atoms with Gasteiger partial charge in [0.05, 0.1) is 5.25 Å². The van der Waals surface area contributed by atoms with E-state index in [0.717, 1.165) is 44.9 Å². The van der Waals surface area contributed by atoms with E-state index in [0.29, 0.717) is 12.3 Å². The third-order valence-electron chi connectivity index (χ3n) is 4.24. The zero-order chi connectivity index (χ0) is 13.2. The molecule has 0 bridgehead atoms. The van der Waals surface area contributed by atoms with Gasteiger partial charge in [-0.05, 0) is 50.5 Å². The Morgan fingerprint density at radius 1 is 1.11 bits per heavy atom. The maximum Gasteiger partial charge on any atom is 0.155 e. The molecule has 0 radical (unpaired) electrons. The van der Waals surface area contributed by atoms with Crippen molar-refractivity contribution in [2.45, 2.75) is 56.6 Å². The Labute approximate surface area is 110 Å². The van der Waals surface area contributed by atoms with E-state index in [1.807, 2.05) is 6.08 Å². The first-order valence-electron chi connectivity index (χ1n) is 6.89. The minimum atomic E-state index is -2.93. The van der Waals surface area contributed by atoms with Gasteiger partial charge >= 0.3 is 0 Å². The molecule has 2 unspecified atom stereocenters. The molecular weight excluding hydrogens is 248 g/mol. The summed E-state index contributed by atoms with van der Waals surface area (Å²) in [5.41, 5.74) is 1.21. The molecule has 4 heteroatoms.